The lowest BCUT2D eigenvalue weighted by Gasteiger charge is -2.14. The number of ether oxygens (including phenoxy) is 4. The summed E-state index contributed by atoms with van der Waals surface area (Å²) in [6.45, 7) is 5.21. The Hall–Kier alpha value is -1.26. The van der Waals surface area contributed by atoms with Crippen molar-refractivity contribution in [1.29, 1.82) is 0 Å². The van der Waals surface area contributed by atoms with Gasteiger partial charge in [-0.3, -0.25) is 9.59 Å². The molecule has 10 heteroatoms. The summed E-state index contributed by atoms with van der Waals surface area (Å²) in [6, 6.07) is 0. The van der Waals surface area contributed by atoms with Gasteiger partial charge < -0.3 is 34.8 Å². The van der Waals surface area contributed by atoms with Crippen LogP contribution < -0.4 is 11.1 Å². The predicted molar refractivity (Wildman–Crippen MR) is 113 cm³/mol. The molecule has 0 bridgehead atoms. The number of nitrogens with one attached hydrogen (secondary N) is 1. The lowest BCUT2D eigenvalue weighted by Crippen LogP contribution is -2.33. The first-order valence-corrected chi connectivity index (χ1v) is 10.9. The molecule has 2 atom stereocenters. The third-order valence-corrected chi connectivity index (χ3v) is 4.30. The highest BCUT2D eigenvalue weighted by atomic mass is 35.5. The molecule has 9 nitrogen and oxygen atoms in total. The molecule has 0 rings (SSSR count). The molecule has 0 heterocycles. The Bertz CT molecular complexity index is 453. The topological polar surface area (TPSA) is 126 Å². The first-order valence-electron chi connectivity index (χ1n) is 10.4. The summed E-state index contributed by atoms with van der Waals surface area (Å²) in [6.07, 6.45) is 4.04. The van der Waals surface area contributed by atoms with Crippen molar-refractivity contribution < 1.29 is 33.3 Å². The lowest BCUT2D eigenvalue weighted by atomic mass is 10.0. The van der Waals surface area contributed by atoms with Crippen LogP contribution in [0.25, 0.3) is 0 Å². The van der Waals surface area contributed by atoms with Crippen molar-refractivity contribution in [2.75, 3.05) is 59.4 Å². The second kappa shape index (κ2) is 21.0. The Labute approximate surface area is 184 Å². The van der Waals surface area contributed by atoms with Crippen LogP contribution in [-0.2, 0) is 33.3 Å². The van der Waals surface area contributed by atoms with Crippen LogP contribution in [0.1, 0.15) is 39.0 Å². The van der Waals surface area contributed by atoms with Crippen molar-refractivity contribution in [3.8, 4) is 0 Å². The molecule has 30 heavy (non-hydrogen) atoms. The average molecular weight is 453 g/mol. The first kappa shape index (κ1) is 28.7. The minimum absolute atomic E-state index is 0.0105. The molecule has 176 valence electrons. The summed E-state index contributed by atoms with van der Waals surface area (Å²) < 4.78 is 21.1. The van der Waals surface area contributed by atoms with E-state index in [2.05, 4.69) is 5.32 Å². The highest BCUT2D eigenvalue weighted by molar-refractivity contribution is 6.20. The van der Waals surface area contributed by atoms with Gasteiger partial charge in [0.25, 0.3) is 0 Å². The van der Waals surface area contributed by atoms with Crippen LogP contribution in [0.4, 0.5) is 0 Å². The molecule has 0 spiro atoms. The molecule has 3 N–H and O–H groups in total. The summed E-state index contributed by atoms with van der Waals surface area (Å²) >= 11 is 5.87. The van der Waals surface area contributed by atoms with Crippen molar-refractivity contribution in [1.82, 2.24) is 5.32 Å². The average Bonchev–Trinajstić information content (AvgIpc) is 2.70. The van der Waals surface area contributed by atoms with E-state index >= 15 is 0 Å². The van der Waals surface area contributed by atoms with Gasteiger partial charge in [-0.1, -0.05) is 0 Å². The van der Waals surface area contributed by atoms with Gasteiger partial charge in [-0.2, -0.15) is 0 Å². The molecule has 0 radical (unpaired) electrons. The zero-order valence-electron chi connectivity index (χ0n) is 17.9. The molecule has 0 saturated carbocycles. The maximum atomic E-state index is 11.9. The summed E-state index contributed by atoms with van der Waals surface area (Å²) in [5.74, 6) is -1.38. The number of alkyl halides is 1. The SMILES string of the molecule is CC(Cl)CCCCOCCOCCC(CC(=O)NCCOCCOCC=O)C(N)=O. The maximum absolute atomic E-state index is 11.9. The third kappa shape index (κ3) is 20.0. The fourth-order valence-corrected chi connectivity index (χ4v) is 2.59. The number of hydrogen-bond donors (Lipinski definition) is 2. The number of amides is 2. The van der Waals surface area contributed by atoms with Crippen LogP contribution in [0.5, 0.6) is 0 Å². The standard InChI is InChI=1S/C20H37ClN2O7/c1-17(21)4-2-3-8-27-12-13-28-9-5-18(20(22)26)16-19(25)23-6-10-29-14-15-30-11-7-24/h7,17-18H,2-6,8-16H2,1H3,(H2,22,26)(H,23,25). The van der Waals surface area contributed by atoms with Crippen molar-refractivity contribution in [2.45, 2.75) is 44.4 Å². The number of carbonyl (C=O) groups is 3. The number of hydrogen-bond acceptors (Lipinski definition) is 7. The van der Waals surface area contributed by atoms with Crippen LogP contribution in [0.15, 0.2) is 0 Å². The molecule has 0 aliphatic rings. The Morgan fingerprint density at radius 3 is 2.20 bits per heavy atom. The van der Waals surface area contributed by atoms with Crippen LogP contribution in [0.2, 0.25) is 0 Å². The van der Waals surface area contributed by atoms with Crippen LogP contribution >= 0.6 is 11.6 Å². The Morgan fingerprint density at radius 1 is 0.933 bits per heavy atom. The number of halogens is 1. The van der Waals surface area contributed by atoms with Crippen LogP contribution in [0.3, 0.4) is 0 Å². The van der Waals surface area contributed by atoms with Crippen molar-refractivity contribution in [3.05, 3.63) is 0 Å². The van der Waals surface area contributed by atoms with Gasteiger partial charge in [0.05, 0.1) is 33.0 Å². The van der Waals surface area contributed by atoms with E-state index in [1.165, 1.54) is 0 Å². The third-order valence-electron chi connectivity index (χ3n) is 4.08. The molecule has 0 aliphatic heterocycles. The molecular formula is C20H37ClN2O7. The van der Waals surface area contributed by atoms with Gasteiger partial charge in [-0.05, 0) is 32.6 Å². The first-order chi connectivity index (χ1) is 14.5. The normalized spacial score (nSPS) is 13.0. The molecule has 0 aromatic heterocycles. The molecule has 0 saturated heterocycles. The van der Waals surface area contributed by atoms with Gasteiger partial charge in [0, 0.05) is 37.5 Å². The lowest BCUT2D eigenvalue weighted by molar-refractivity contribution is -0.129. The Balaban J connectivity index is 3.66. The Morgan fingerprint density at radius 2 is 1.57 bits per heavy atom. The van der Waals surface area contributed by atoms with Crippen molar-refractivity contribution in [2.24, 2.45) is 11.7 Å². The predicted octanol–water partition coefficient (Wildman–Crippen LogP) is 1.05. The number of primary amides is 1. The summed E-state index contributed by atoms with van der Waals surface area (Å²) in [5.41, 5.74) is 5.38. The molecule has 2 unspecified atom stereocenters. The van der Waals surface area contributed by atoms with Gasteiger partial charge >= 0.3 is 0 Å². The van der Waals surface area contributed by atoms with Gasteiger partial charge in [0.1, 0.15) is 12.9 Å². The van der Waals surface area contributed by atoms with E-state index < -0.39 is 11.8 Å². The molecular weight excluding hydrogens is 416 g/mol. The monoisotopic (exact) mass is 452 g/mol. The number of rotatable bonds is 22. The minimum Gasteiger partial charge on any atom is -0.379 e. The van der Waals surface area contributed by atoms with E-state index in [9.17, 15) is 14.4 Å². The number of aldehydes is 1. The van der Waals surface area contributed by atoms with Gasteiger partial charge in [0.2, 0.25) is 11.8 Å². The van der Waals surface area contributed by atoms with E-state index in [1.54, 1.807) is 0 Å². The van der Waals surface area contributed by atoms with E-state index in [1.807, 2.05) is 6.92 Å². The van der Waals surface area contributed by atoms with E-state index in [0.717, 1.165) is 19.3 Å². The molecule has 0 fully saturated rings. The molecule has 0 aliphatic carbocycles. The van der Waals surface area contributed by atoms with Crippen molar-refractivity contribution >= 4 is 29.7 Å². The van der Waals surface area contributed by atoms with E-state index in [0.29, 0.717) is 65.5 Å². The van der Waals surface area contributed by atoms with Gasteiger partial charge in [0.15, 0.2) is 0 Å². The number of nitrogens with two attached hydrogens (primary N) is 1. The van der Waals surface area contributed by atoms with Crippen LogP contribution in [0, 0.1) is 5.92 Å². The zero-order chi connectivity index (χ0) is 22.5. The highest BCUT2D eigenvalue weighted by Crippen LogP contribution is 2.08. The van der Waals surface area contributed by atoms with E-state index in [4.69, 9.17) is 36.3 Å². The number of carbonyl (C=O) groups excluding carboxylic acids is 3. The minimum atomic E-state index is -0.582. The van der Waals surface area contributed by atoms with Gasteiger partial charge in [-0.25, -0.2) is 0 Å². The number of unbranched alkanes of at least 4 members (excludes halogenated alkanes) is 1. The largest absolute Gasteiger partial charge is 0.379 e. The van der Waals surface area contributed by atoms with Crippen molar-refractivity contribution in [3.63, 3.8) is 0 Å². The quantitative estimate of drug-likeness (QED) is 0.143. The maximum Gasteiger partial charge on any atom is 0.221 e. The van der Waals surface area contributed by atoms with Gasteiger partial charge in [-0.15, -0.1) is 11.6 Å². The fraction of sp³-hybridized carbons (Fsp3) is 0.850. The second-order valence-electron chi connectivity index (χ2n) is 6.80. The zero-order valence-corrected chi connectivity index (χ0v) is 18.7. The van der Waals surface area contributed by atoms with Crippen LogP contribution in [-0.4, -0.2) is 82.9 Å². The summed E-state index contributed by atoms with van der Waals surface area (Å²) in [7, 11) is 0. The second-order valence-corrected chi connectivity index (χ2v) is 7.54. The summed E-state index contributed by atoms with van der Waals surface area (Å²) in [5, 5.41) is 2.87. The summed E-state index contributed by atoms with van der Waals surface area (Å²) in [4.78, 5) is 33.5. The highest BCUT2D eigenvalue weighted by Gasteiger charge is 2.19. The smallest absolute Gasteiger partial charge is 0.221 e. The fourth-order valence-electron chi connectivity index (χ4n) is 2.43. The Kier molecular flexibility index (Phi) is 20.1. The van der Waals surface area contributed by atoms with E-state index in [-0.39, 0.29) is 24.3 Å². The molecule has 0 aromatic carbocycles. The molecule has 0 aromatic rings. The molecule has 2 amide bonds.